The molecule has 0 saturated carbocycles. The highest BCUT2D eigenvalue weighted by atomic mass is 32.2. The molecule has 6 N–H and O–H groups in total. The maximum absolute atomic E-state index is 10.8. The van der Waals surface area contributed by atoms with Crippen molar-refractivity contribution in [2.45, 2.75) is 23.6 Å². The van der Waals surface area contributed by atoms with E-state index in [1.54, 1.807) is 26.0 Å². The third-order valence-corrected chi connectivity index (χ3v) is 4.90. The van der Waals surface area contributed by atoms with Gasteiger partial charge in [0.1, 0.15) is 21.3 Å². The number of hydrogen-bond acceptors (Lipinski definition) is 6. The number of primary sulfonamides is 2. The van der Waals surface area contributed by atoms with Gasteiger partial charge in [0.25, 0.3) is 0 Å². The van der Waals surface area contributed by atoms with E-state index in [0.29, 0.717) is 11.1 Å². The van der Waals surface area contributed by atoms with Gasteiger partial charge in [-0.15, -0.1) is 0 Å². The number of aryl methyl sites for hydroxylation is 2. The van der Waals surface area contributed by atoms with E-state index in [-0.39, 0.29) is 21.3 Å². The molecule has 0 aliphatic rings. The Morgan fingerprint density at radius 1 is 0.708 bits per heavy atom. The third kappa shape index (κ3) is 4.93. The maximum Gasteiger partial charge on any atom is 0.241 e. The molecule has 0 amide bonds. The molecular weight excluding hydrogens is 356 g/mol. The minimum Gasteiger partial charge on any atom is -0.506 e. The van der Waals surface area contributed by atoms with Crippen LogP contribution in [0.5, 0.6) is 11.5 Å². The zero-order valence-corrected chi connectivity index (χ0v) is 14.6. The van der Waals surface area contributed by atoms with Crippen LogP contribution in [-0.4, -0.2) is 27.0 Å². The number of para-hydroxylation sites is 2. The van der Waals surface area contributed by atoms with Crippen LogP contribution in [0, 0.1) is 13.8 Å². The minimum atomic E-state index is -3.81. The molecule has 0 radical (unpaired) electrons. The van der Waals surface area contributed by atoms with Crippen molar-refractivity contribution in [2.75, 3.05) is 0 Å². The summed E-state index contributed by atoms with van der Waals surface area (Å²) in [4.78, 5) is -0.468. The van der Waals surface area contributed by atoms with Crippen LogP contribution in [0.3, 0.4) is 0 Å². The zero-order chi connectivity index (χ0) is 18.7. The lowest BCUT2D eigenvalue weighted by atomic mass is 10.2. The second kappa shape index (κ2) is 7.18. The van der Waals surface area contributed by atoms with Crippen molar-refractivity contribution in [3.63, 3.8) is 0 Å². The van der Waals surface area contributed by atoms with Gasteiger partial charge in [-0.3, -0.25) is 0 Å². The molecule has 0 spiro atoms. The van der Waals surface area contributed by atoms with Crippen LogP contribution in [0.1, 0.15) is 11.1 Å². The van der Waals surface area contributed by atoms with Gasteiger partial charge in [-0.25, -0.2) is 27.1 Å². The van der Waals surface area contributed by atoms with Gasteiger partial charge < -0.3 is 10.2 Å². The molecule has 2 rings (SSSR count). The number of aromatic hydroxyl groups is 2. The first-order valence-corrected chi connectivity index (χ1v) is 9.57. The molecule has 24 heavy (non-hydrogen) atoms. The highest BCUT2D eigenvalue weighted by molar-refractivity contribution is 7.89. The summed E-state index contributed by atoms with van der Waals surface area (Å²) in [6, 6.07) is 8.77. The summed E-state index contributed by atoms with van der Waals surface area (Å²) in [6.45, 7) is 3.20. The van der Waals surface area contributed by atoms with Gasteiger partial charge in [-0.2, -0.15) is 0 Å². The Labute approximate surface area is 140 Å². The fourth-order valence-electron chi connectivity index (χ4n) is 1.72. The number of nitrogens with two attached hydrogens (primary N) is 2. The van der Waals surface area contributed by atoms with Crippen molar-refractivity contribution in [1.29, 1.82) is 0 Å². The quantitative estimate of drug-likeness (QED) is 0.605. The van der Waals surface area contributed by atoms with Gasteiger partial charge in [-0.05, 0) is 37.1 Å². The average molecular weight is 374 g/mol. The molecule has 2 aromatic carbocycles. The fourth-order valence-corrected chi connectivity index (χ4v) is 3.12. The number of sulfonamides is 2. The first-order chi connectivity index (χ1) is 10.9. The molecule has 0 fully saturated rings. The van der Waals surface area contributed by atoms with Crippen molar-refractivity contribution < 1.29 is 27.0 Å². The number of hydrogen-bond donors (Lipinski definition) is 4. The van der Waals surface area contributed by atoms with Crippen LogP contribution in [0.2, 0.25) is 0 Å². The smallest absolute Gasteiger partial charge is 0.241 e. The van der Waals surface area contributed by atoms with Crippen molar-refractivity contribution in [3.05, 3.63) is 47.5 Å². The number of phenolic OH excluding ortho intramolecular Hbond substituents is 2. The standard InChI is InChI=1S/2C7H9NO3S/c2*1-5-3-2-4-6(7(5)9)12(8,10)11/h2*2-4,9H,1H3,(H2,8,10,11). The van der Waals surface area contributed by atoms with Gasteiger partial charge >= 0.3 is 0 Å². The summed E-state index contributed by atoms with van der Waals surface area (Å²) in [7, 11) is -7.61. The van der Waals surface area contributed by atoms with Crippen LogP contribution >= 0.6 is 0 Å². The van der Waals surface area contributed by atoms with Crippen LogP contribution in [0.4, 0.5) is 0 Å². The molecule has 0 aliphatic heterocycles. The van der Waals surface area contributed by atoms with Gasteiger partial charge in [0.2, 0.25) is 20.0 Å². The number of rotatable bonds is 2. The Bertz CT molecular complexity index is 874. The number of benzene rings is 2. The van der Waals surface area contributed by atoms with E-state index >= 15 is 0 Å². The summed E-state index contributed by atoms with van der Waals surface area (Å²) in [5, 5.41) is 28.2. The van der Waals surface area contributed by atoms with Crippen LogP contribution in [0.15, 0.2) is 46.2 Å². The highest BCUT2D eigenvalue weighted by Gasteiger charge is 2.14. The average Bonchev–Trinajstić information content (AvgIpc) is 2.43. The predicted molar refractivity (Wildman–Crippen MR) is 88.4 cm³/mol. The maximum atomic E-state index is 10.8. The van der Waals surface area contributed by atoms with Gasteiger partial charge in [0.15, 0.2) is 0 Å². The third-order valence-electron chi connectivity index (χ3n) is 3.01. The number of phenols is 2. The summed E-state index contributed by atoms with van der Waals surface area (Å²) in [5.41, 5.74) is 0.975. The van der Waals surface area contributed by atoms with Crippen LogP contribution < -0.4 is 10.3 Å². The van der Waals surface area contributed by atoms with Crippen molar-refractivity contribution in [1.82, 2.24) is 0 Å². The molecule has 8 nitrogen and oxygen atoms in total. The van der Waals surface area contributed by atoms with Gasteiger partial charge in [-0.1, -0.05) is 24.3 Å². The summed E-state index contributed by atoms with van der Waals surface area (Å²) in [6.07, 6.45) is 0. The highest BCUT2D eigenvalue weighted by Crippen LogP contribution is 2.25. The van der Waals surface area contributed by atoms with E-state index in [0.717, 1.165) is 0 Å². The Kier molecular flexibility index (Phi) is 5.95. The first-order valence-electron chi connectivity index (χ1n) is 6.48. The SMILES string of the molecule is Cc1cccc(S(N)(=O)=O)c1O.Cc1cccc(S(N)(=O)=O)c1O. The lowest BCUT2D eigenvalue weighted by molar-refractivity contribution is 0.454. The predicted octanol–water partition coefficient (Wildman–Crippen LogP) is 0.696. The second-order valence-corrected chi connectivity index (χ2v) is 7.99. The molecule has 0 heterocycles. The molecule has 0 aliphatic carbocycles. The molecule has 0 atom stereocenters. The van der Waals surface area contributed by atoms with E-state index < -0.39 is 20.0 Å². The molecule has 132 valence electrons. The topological polar surface area (TPSA) is 161 Å². The van der Waals surface area contributed by atoms with Crippen LogP contribution in [0.25, 0.3) is 0 Å². The van der Waals surface area contributed by atoms with Gasteiger partial charge in [0, 0.05) is 0 Å². The normalized spacial score (nSPS) is 11.5. The van der Waals surface area contributed by atoms with E-state index in [9.17, 15) is 27.0 Å². The summed E-state index contributed by atoms with van der Waals surface area (Å²) in [5.74, 6) is -0.556. The molecule has 0 bridgehead atoms. The molecule has 0 saturated heterocycles. The Morgan fingerprint density at radius 2 is 1.00 bits per heavy atom. The Hall–Kier alpha value is -2.14. The molecule has 0 aromatic heterocycles. The monoisotopic (exact) mass is 374 g/mol. The lowest BCUT2D eigenvalue weighted by Crippen LogP contribution is -2.12. The first kappa shape index (κ1) is 19.9. The van der Waals surface area contributed by atoms with E-state index in [4.69, 9.17) is 10.3 Å². The van der Waals surface area contributed by atoms with E-state index in [1.807, 2.05) is 0 Å². The van der Waals surface area contributed by atoms with Gasteiger partial charge in [0.05, 0.1) is 0 Å². The van der Waals surface area contributed by atoms with Crippen molar-refractivity contribution >= 4 is 20.0 Å². The van der Waals surface area contributed by atoms with Crippen molar-refractivity contribution in [3.8, 4) is 11.5 Å². The molecular formula is C14H18N2O6S2. The summed E-state index contributed by atoms with van der Waals surface area (Å²) >= 11 is 0. The van der Waals surface area contributed by atoms with Crippen LogP contribution in [-0.2, 0) is 20.0 Å². The second-order valence-electron chi connectivity index (χ2n) is 4.93. The zero-order valence-electron chi connectivity index (χ0n) is 13.0. The Balaban J connectivity index is 0.000000240. The lowest BCUT2D eigenvalue weighted by Gasteiger charge is -2.03. The molecule has 2 aromatic rings. The Morgan fingerprint density at radius 3 is 1.21 bits per heavy atom. The fraction of sp³-hybridized carbons (Fsp3) is 0.143. The molecule has 10 heteroatoms. The largest absolute Gasteiger partial charge is 0.506 e. The van der Waals surface area contributed by atoms with E-state index in [2.05, 4.69) is 0 Å². The minimum absolute atomic E-state index is 0.234. The molecule has 0 unspecified atom stereocenters. The van der Waals surface area contributed by atoms with E-state index in [1.165, 1.54) is 24.3 Å². The summed E-state index contributed by atoms with van der Waals surface area (Å²) < 4.78 is 43.3. The van der Waals surface area contributed by atoms with Crippen molar-refractivity contribution in [2.24, 2.45) is 10.3 Å².